The lowest BCUT2D eigenvalue weighted by molar-refractivity contribution is 0.185. The highest BCUT2D eigenvalue weighted by atomic mass is 16.5. The van der Waals surface area contributed by atoms with Crippen molar-refractivity contribution in [2.24, 2.45) is 10.7 Å². The number of hydrogen-bond acceptors (Lipinski definition) is 2. The van der Waals surface area contributed by atoms with Crippen molar-refractivity contribution in [3.05, 3.63) is 35.4 Å². The number of nitrogens with zero attached hydrogens (tertiary/aromatic N) is 2. The molecule has 1 aromatic rings. The zero-order valence-electron chi connectivity index (χ0n) is 11.1. The van der Waals surface area contributed by atoms with E-state index in [1.165, 1.54) is 24.0 Å². The van der Waals surface area contributed by atoms with Crippen molar-refractivity contribution in [2.45, 2.75) is 32.0 Å². The molecule has 0 unspecified atom stereocenters. The molecule has 0 spiro atoms. The molecule has 0 radical (unpaired) electrons. The van der Waals surface area contributed by atoms with E-state index < -0.39 is 0 Å². The molecule has 4 heteroatoms. The number of ether oxygens (including phenoxy) is 1. The molecule has 0 amide bonds. The van der Waals surface area contributed by atoms with E-state index in [0.29, 0.717) is 25.2 Å². The summed E-state index contributed by atoms with van der Waals surface area (Å²) in [5.41, 5.74) is 8.28. The number of hydrogen-bond donors (Lipinski definition) is 1. The van der Waals surface area contributed by atoms with Crippen LogP contribution in [0, 0.1) is 0 Å². The van der Waals surface area contributed by atoms with E-state index >= 15 is 0 Å². The van der Waals surface area contributed by atoms with Crippen LogP contribution in [-0.4, -0.2) is 31.1 Å². The molecule has 0 bridgehead atoms. The van der Waals surface area contributed by atoms with Gasteiger partial charge in [0, 0.05) is 20.2 Å². The minimum absolute atomic E-state index is 0.609. The summed E-state index contributed by atoms with van der Waals surface area (Å²) in [6, 6.07) is 8.88. The van der Waals surface area contributed by atoms with E-state index in [4.69, 9.17) is 10.5 Å². The molecule has 0 atom stereocenters. The van der Waals surface area contributed by atoms with Crippen LogP contribution in [0.2, 0.25) is 0 Å². The fraction of sp³-hybridized carbons (Fsp3) is 0.500. The van der Waals surface area contributed by atoms with Gasteiger partial charge in [-0.1, -0.05) is 24.3 Å². The Kier molecular flexibility index (Phi) is 4.20. The van der Waals surface area contributed by atoms with Crippen LogP contribution in [0.3, 0.4) is 0 Å². The van der Waals surface area contributed by atoms with Gasteiger partial charge >= 0.3 is 0 Å². The second-order valence-corrected chi connectivity index (χ2v) is 4.77. The number of guanidine groups is 1. The van der Waals surface area contributed by atoms with Crippen LogP contribution in [0.25, 0.3) is 0 Å². The van der Waals surface area contributed by atoms with E-state index in [-0.39, 0.29) is 0 Å². The van der Waals surface area contributed by atoms with Crippen molar-refractivity contribution < 1.29 is 4.74 Å². The largest absolute Gasteiger partial charge is 0.380 e. The summed E-state index contributed by atoms with van der Waals surface area (Å²) >= 11 is 0. The molecule has 1 aromatic carbocycles. The Morgan fingerprint density at radius 3 is 2.50 bits per heavy atom. The van der Waals surface area contributed by atoms with Gasteiger partial charge in [0.2, 0.25) is 0 Å². The van der Waals surface area contributed by atoms with Gasteiger partial charge in [0.05, 0.1) is 13.2 Å². The molecule has 1 fully saturated rings. The molecule has 18 heavy (non-hydrogen) atoms. The minimum atomic E-state index is 0.609. The maximum absolute atomic E-state index is 5.94. The lowest BCUT2D eigenvalue weighted by Crippen LogP contribution is -2.35. The highest BCUT2D eigenvalue weighted by Gasteiger charge is 2.27. The van der Waals surface area contributed by atoms with Gasteiger partial charge in [0.15, 0.2) is 5.96 Å². The van der Waals surface area contributed by atoms with Gasteiger partial charge in [-0.2, -0.15) is 0 Å². The number of benzene rings is 1. The van der Waals surface area contributed by atoms with Crippen LogP contribution < -0.4 is 5.73 Å². The molecule has 2 N–H and O–H groups in total. The summed E-state index contributed by atoms with van der Waals surface area (Å²) in [5, 5.41) is 0. The third-order valence-electron chi connectivity index (χ3n) is 3.21. The van der Waals surface area contributed by atoms with Gasteiger partial charge in [-0.3, -0.25) is 0 Å². The standard InChI is InChI=1S/C14H21N3O/c1-17(13-7-8-13)14(15)16-9-11-3-5-12(6-4-11)10-18-2/h3-6,13H,7-10H2,1-2H3,(H2,15,16). The second-order valence-electron chi connectivity index (χ2n) is 4.77. The summed E-state index contributed by atoms with van der Waals surface area (Å²) in [6.45, 7) is 1.28. The van der Waals surface area contributed by atoms with Gasteiger partial charge < -0.3 is 15.4 Å². The minimum Gasteiger partial charge on any atom is -0.380 e. The average molecular weight is 247 g/mol. The fourth-order valence-corrected chi connectivity index (χ4v) is 1.84. The summed E-state index contributed by atoms with van der Waals surface area (Å²) in [6.07, 6.45) is 2.47. The molecular formula is C14H21N3O. The molecule has 1 saturated carbocycles. The van der Waals surface area contributed by atoms with Crippen molar-refractivity contribution in [1.82, 2.24) is 4.90 Å². The van der Waals surface area contributed by atoms with Gasteiger partial charge in [-0.15, -0.1) is 0 Å². The summed E-state index contributed by atoms with van der Waals surface area (Å²) in [4.78, 5) is 6.49. The first-order valence-corrected chi connectivity index (χ1v) is 6.30. The van der Waals surface area contributed by atoms with Crippen molar-refractivity contribution in [3.63, 3.8) is 0 Å². The number of methoxy groups -OCH3 is 1. The van der Waals surface area contributed by atoms with Gasteiger partial charge in [-0.25, -0.2) is 4.99 Å². The van der Waals surface area contributed by atoms with Gasteiger partial charge in [0.1, 0.15) is 0 Å². The zero-order valence-corrected chi connectivity index (χ0v) is 11.1. The van der Waals surface area contributed by atoms with E-state index in [2.05, 4.69) is 34.2 Å². The molecule has 1 aliphatic carbocycles. The van der Waals surface area contributed by atoms with Crippen LogP contribution in [0.15, 0.2) is 29.3 Å². The molecule has 0 aromatic heterocycles. The Morgan fingerprint density at radius 2 is 1.94 bits per heavy atom. The van der Waals surface area contributed by atoms with Crippen molar-refractivity contribution >= 4 is 5.96 Å². The monoisotopic (exact) mass is 247 g/mol. The maximum Gasteiger partial charge on any atom is 0.191 e. The Morgan fingerprint density at radius 1 is 1.33 bits per heavy atom. The van der Waals surface area contributed by atoms with Crippen molar-refractivity contribution in [1.29, 1.82) is 0 Å². The lowest BCUT2D eigenvalue weighted by Gasteiger charge is -2.16. The van der Waals surface area contributed by atoms with Gasteiger partial charge in [0.25, 0.3) is 0 Å². The van der Waals surface area contributed by atoms with Crippen LogP contribution in [0.4, 0.5) is 0 Å². The second kappa shape index (κ2) is 5.87. The first-order chi connectivity index (χ1) is 8.70. The van der Waals surface area contributed by atoms with Crippen LogP contribution in [0.5, 0.6) is 0 Å². The number of rotatable bonds is 5. The smallest absolute Gasteiger partial charge is 0.191 e. The predicted octanol–water partition coefficient (Wildman–Crippen LogP) is 1.74. The Balaban J connectivity index is 1.90. The summed E-state index contributed by atoms with van der Waals surface area (Å²) in [5.74, 6) is 0.637. The van der Waals surface area contributed by atoms with Crippen molar-refractivity contribution in [2.75, 3.05) is 14.2 Å². The van der Waals surface area contributed by atoms with E-state index in [1.54, 1.807) is 7.11 Å². The molecule has 0 heterocycles. The first kappa shape index (κ1) is 12.9. The topological polar surface area (TPSA) is 50.9 Å². The third-order valence-corrected chi connectivity index (χ3v) is 3.21. The lowest BCUT2D eigenvalue weighted by atomic mass is 10.1. The molecule has 0 saturated heterocycles. The van der Waals surface area contributed by atoms with E-state index in [1.807, 2.05) is 7.05 Å². The zero-order chi connectivity index (χ0) is 13.0. The normalized spacial score (nSPS) is 15.8. The molecule has 0 aliphatic heterocycles. The fourth-order valence-electron chi connectivity index (χ4n) is 1.84. The Hall–Kier alpha value is -1.55. The Labute approximate surface area is 108 Å². The van der Waals surface area contributed by atoms with Gasteiger partial charge in [-0.05, 0) is 24.0 Å². The van der Waals surface area contributed by atoms with E-state index in [0.717, 1.165) is 0 Å². The molecule has 98 valence electrons. The maximum atomic E-state index is 5.94. The molecule has 1 aliphatic rings. The van der Waals surface area contributed by atoms with Crippen LogP contribution in [-0.2, 0) is 17.9 Å². The number of nitrogens with two attached hydrogens (primary N) is 1. The molecular weight excluding hydrogens is 226 g/mol. The predicted molar refractivity (Wildman–Crippen MR) is 73.3 cm³/mol. The highest BCUT2D eigenvalue weighted by molar-refractivity contribution is 5.78. The van der Waals surface area contributed by atoms with Crippen molar-refractivity contribution in [3.8, 4) is 0 Å². The Bertz CT molecular complexity index is 410. The number of aliphatic imine (C=N–C) groups is 1. The molecule has 4 nitrogen and oxygen atoms in total. The highest BCUT2D eigenvalue weighted by Crippen LogP contribution is 2.24. The van der Waals surface area contributed by atoms with Crippen LogP contribution in [0.1, 0.15) is 24.0 Å². The molecule has 2 rings (SSSR count). The summed E-state index contributed by atoms with van der Waals surface area (Å²) < 4.78 is 5.08. The quantitative estimate of drug-likeness (QED) is 0.637. The van der Waals surface area contributed by atoms with E-state index in [9.17, 15) is 0 Å². The average Bonchev–Trinajstić information content (AvgIpc) is 3.21. The SMILES string of the molecule is COCc1ccc(CN=C(N)N(C)C2CC2)cc1. The third kappa shape index (κ3) is 3.47. The first-order valence-electron chi connectivity index (χ1n) is 6.30. The summed E-state index contributed by atoms with van der Waals surface area (Å²) in [7, 11) is 3.71. The van der Waals surface area contributed by atoms with Crippen LogP contribution >= 0.6 is 0 Å².